The van der Waals surface area contributed by atoms with E-state index in [2.05, 4.69) is 10.2 Å². The van der Waals surface area contributed by atoms with Crippen molar-refractivity contribution in [1.29, 1.82) is 0 Å². The van der Waals surface area contributed by atoms with Gasteiger partial charge in [0.15, 0.2) is 0 Å². The van der Waals surface area contributed by atoms with E-state index in [0.29, 0.717) is 24.7 Å². The normalized spacial score (nSPS) is 16.4. The zero-order valence-electron chi connectivity index (χ0n) is 13.8. The minimum absolute atomic E-state index is 0.0624. The van der Waals surface area contributed by atoms with Crippen molar-refractivity contribution in [2.24, 2.45) is 0 Å². The maximum atomic E-state index is 13.0. The van der Waals surface area contributed by atoms with Crippen LogP contribution >= 0.6 is 0 Å². The summed E-state index contributed by atoms with van der Waals surface area (Å²) in [5, 5.41) is 3.01. The predicted molar refractivity (Wildman–Crippen MR) is 93.2 cm³/mol. The number of carbonyl (C=O) groups is 1. The Morgan fingerprint density at radius 2 is 1.75 bits per heavy atom. The Morgan fingerprint density at radius 1 is 1.08 bits per heavy atom. The molecule has 2 aromatic carbocycles. The second-order valence-electron chi connectivity index (χ2n) is 5.65. The van der Waals surface area contributed by atoms with Crippen molar-refractivity contribution in [2.75, 3.05) is 38.7 Å². The topological polar surface area (TPSA) is 50.8 Å². The zero-order valence-corrected chi connectivity index (χ0v) is 13.8. The molecular weight excluding hydrogens is 304 g/mol. The van der Waals surface area contributed by atoms with Crippen LogP contribution in [0.1, 0.15) is 11.6 Å². The fraction of sp³-hybridized carbons (Fsp3) is 0.316. The van der Waals surface area contributed by atoms with E-state index in [0.717, 1.165) is 18.7 Å². The molecule has 1 heterocycles. The monoisotopic (exact) mass is 326 g/mol. The summed E-state index contributed by atoms with van der Waals surface area (Å²) in [6.45, 7) is 2.76. The van der Waals surface area contributed by atoms with Crippen molar-refractivity contribution in [1.82, 2.24) is 4.90 Å². The number of rotatable bonds is 5. The third-order valence-electron chi connectivity index (χ3n) is 4.14. The number of anilines is 1. The van der Waals surface area contributed by atoms with Gasteiger partial charge in [-0.25, -0.2) is 0 Å². The summed E-state index contributed by atoms with van der Waals surface area (Å²) in [6.07, 6.45) is 0. The Kier molecular flexibility index (Phi) is 5.46. The van der Waals surface area contributed by atoms with Crippen molar-refractivity contribution < 1.29 is 14.3 Å². The Balaban J connectivity index is 1.85. The van der Waals surface area contributed by atoms with Gasteiger partial charge in [-0.05, 0) is 17.7 Å². The van der Waals surface area contributed by atoms with E-state index in [1.54, 1.807) is 7.11 Å². The van der Waals surface area contributed by atoms with E-state index in [1.165, 1.54) is 0 Å². The highest BCUT2D eigenvalue weighted by Crippen LogP contribution is 2.27. The van der Waals surface area contributed by atoms with Gasteiger partial charge >= 0.3 is 0 Å². The molecule has 0 aliphatic carbocycles. The number of nitrogens with one attached hydrogen (secondary N) is 1. The molecule has 1 N–H and O–H groups in total. The minimum atomic E-state index is -0.347. The van der Waals surface area contributed by atoms with Gasteiger partial charge in [-0.15, -0.1) is 0 Å². The maximum Gasteiger partial charge on any atom is 0.246 e. The molecule has 126 valence electrons. The van der Waals surface area contributed by atoms with Crippen molar-refractivity contribution in [3.8, 4) is 5.75 Å². The van der Waals surface area contributed by atoms with E-state index in [9.17, 15) is 4.79 Å². The van der Waals surface area contributed by atoms with Gasteiger partial charge in [0.25, 0.3) is 0 Å². The van der Waals surface area contributed by atoms with Crippen molar-refractivity contribution in [3.05, 3.63) is 60.2 Å². The van der Waals surface area contributed by atoms with Crippen LogP contribution < -0.4 is 10.1 Å². The summed E-state index contributed by atoms with van der Waals surface area (Å²) >= 11 is 0. The standard InChI is InChI=1S/C19H22N2O3/c1-23-17-10-6-5-9-16(17)20-19(22)18(15-7-3-2-4-8-15)21-11-13-24-14-12-21/h2-10,18H,11-14H2,1H3,(H,20,22)/t18-/m1/s1. The summed E-state index contributed by atoms with van der Waals surface area (Å²) in [5.41, 5.74) is 1.66. The summed E-state index contributed by atoms with van der Waals surface area (Å²) < 4.78 is 10.8. The van der Waals surface area contributed by atoms with Crippen LogP contribution in [-0.2, 0) is 9.53 Å². The summed E-state index contributed by atoms with van der Waals surface area (Å²) in [6, 6.07) is 16.9. The van der Waals surface area contributed by atoms with Crippen LogP contribution in [0.4, 0.5) is 5.69 Å². The number of nitrogens with zero attached hydrogens (tertiary/aromatic N) is 1. The van der Waals surface area contributed by atoms with Crippen molar-refractivity contribution in [3.63, 3.8) is 0 Å². The first kappa shape index (κ1) is 16.5. The van der Waals surface area contributed by atoms with Crippen LogP contribution in [-0.4, -0.2) is 44.2 Å². The fourth-order valence-corrected chi connectivity index (χ4v) is 2.95. The van der Waals surface area contributed by atoms with Gasteiger partial charge in [0, 0.05) is 13.1 Å². The van der Waals surface area contributed by atoms with Crippen molar-refractivity contribution >= 4 is 11.6 Å². The van der Waals surface area contributed by atoms with E-state index < -0.39 is 0 Å². The second kappa shape index (κ2) is 7.95. The number of amides is 1. The highest BCUT2D eigenvalue weighted by atomic mass is 16.5. The number of hydrogen-bond donors (Lipinski definition) is 1. The first-order valence-corrected chi connectivity index (χ1v) is 8.10. The number of carbonyl (C=O) groups excluding carboxylic acids is 1. The molecule has 1 aliphatic rings. The number of ether oxygens (including phenoxy) is 2. The lowest BCUT2D eigenvalue weighted by Gasteiger charge is -2.33. The molecule has 24 heavy (non-hydrogen) atoms. The molecule has 3 rings (SSSR count). The number of morpholine rings is 1. The largest absolute Gasteiger partial charge is 0.495 e. The first-order valence-electron chi connectivity index (χ1n) is 8.10. The third kappa shape index (κ3) is 3.75. The van der Waals surface area contributed by atoms with Crippen LogP contribution in [0.3, 0.4) is 0 Å². The fourth-order valence-electron chi connectivity index (χ4n) is 2.95. The molecule has 0 bridgehead atoms. The highest BCUT2D eigenvalue weighted by Gasteiger charge is 2.29. The molecule has 1 atom stereocenters. The zero-order chi connectivity index (χ0) is 16.8. The van der Waals surface area contributed by atoms with E-state index >= 15 is 0 Å². The molecule has 1 amide bonds. The SMILES string of the molecule is COc1ccccc1NC(=O)[C@@H](c1ccccc1)N1CCOCC1. The average Bonchev–Trinajstić information content (AvgIpc) is 2.64. The summed E-state index contributed by atoms with van der Waals surface area (Å²) in [5.74, 6) is 0.590. The molecule has 1 aliphatic heterocycles. The lowest BCUT2D eigenvalue weighted by molar-refractivity contribution is -0.123. The second-order valence-corrected chi connectivity index (χ2v) is 5.65. The summed E-state index contributed by atoms with van der Waals surface area (Å²) in [4.78, 5) is 15.2. The van der Waals surface area contributed by atoms with Crippen LogP contribution in [0.2, 0.25) is 0 Å². The van der Waals surface area contributed by atoms with Gasteiger partial charge in [0.05, 0.1) is 26.0 Å². The van der Waals surface area contributed by atoms with Gasteiger partial charge in [-0.3, -0.25) is 9.69 Å². The van der Waals surface area contributed by atoms with Crippen LogP contribution in [0.15, 0.2) is 54.6 Å². The highest BCUT2D eigenvalue weighted by molar-refractivity contribution is 5.96. The molecule has 0 radical (unpaired) electrons. The molecule has 1 fully saturated rings. The smallest absolute Gasteiger partial charge is 0.246 e. The summed E-state index contributed by atoms with van der Waals surface area (Å²) in [7, 11) is 1.60. The first-order chi connectivity index (χ1) is 11.8. The van der Waals surface area contributed by atoms with E-state index in [1.807, 2.05) is 54.6 Å². The van der Waals surface area contributed by atoms with Gasteiger partial charge in [0.2, 0.25) is 5.91 Å². The molecule has 5 nitrogen and oxygen atoms in total. The Morgan fingerprint density at radius 3 is 2.46 bits per heavy atom. The predicted octanol–water partition coefficient (Wildman–Crippen LogP) is 2.71. The number of methoxy groups -OCH3 is 1. The molecule has 0 aromatic heterocycles. The lowest BCUT2D eigenvalue weighted by Crippen LogP contribution is -2.43. The average molecular weight is 326 g/mol. The lowest BCUT2D eigenvalue weighted by atomic mass is 10.0. The number of benzene rings is 2. The Bertz CT molecular complexity index is 669. The quantitative estimate of drug-likeness (QED) is 0.918. The molecule has 0 spiro atoms. The molecule has 0 unspecified atom stereocenters. The van der Waals surface area contributed by atoms with E-state index in [-0.39, 0.29) is 11.9 Å². The van der Waals surface area contributed by atoms with Crippen LogP contribution in [0.25, 0.3) is 0 Å². The van der Waals surface area contributed by atoms with Gasteiger partial charge in [0.1, 0.15) is 11.8 Å². The van der Waals surface area contributed by atoms with Gasteiger partial charge in [-0.2, -0.15) is 0 Å². The van der Waals surface area contributed by atoms with Crippen molar-refractivity contribution in [2.45, 2.75) is 6.04 Å². The molecule has 0 saturated carbocycles. The van der Waals surface area contributed by atoms with Gasteiger partial charge < -0.3 is 14.8 Å². The Labute approximate surface area is 142 Å². The number of hydrogen-bond acceptors (Lipinski definition) is 4. The third-order valence-corrected chi connectivity index (χ3v) is 4.14. The van der Waals surface area contributed by atoms with Crippen LogP contribution in [0.5, 0.6) is 5.75 Å². The van der Waals surface area contributed by atoms with E-state index in [4.69, 9.17) is 9.47 Å². The Hall–Kier alpha value is -2.37. The molecule has 1 saturated heterocycles. The molecule has 5 heteroatoms. The number of para-hydroxylation sites is 2. The maximum absolute atomic E-state index is 13.0. The molecule has 2 aromatic rings. The minimum Gasteiger partial charge on any atom is -0.495 e. The van der Waals surface area contributed by atoms with Crippen LogP contribution in [0, 0.1) is 0 Å². The molecular formula is C19H22N2O3. The van der Waals surface area contributed by atoms with Gasteiger partial charge in [-0.1, -0.05) is 42.5 Å².